The van der Waals surface area contributed by atoms with Crippen molar-refractivity contribution >= 4 is 27.5 Å². The monoisotopic (exact) mass is 333 g/mol. The van der Waals surface area contributed by atoms with Gasteiger partial charge < -0.3 is 11.1 Å². The number of halogens is 1. The van der Waals surface area contributed by atoms with E-state index in [-0.39, 0.29) is 34.6 Å². The van der Waals surface area contributed by atoms with Gasteiger partial charge in [-0.1, -0.05) is 11.6 Å². The number of hydrogen-bond donors (Lipinski definition) is 2. The SMILES string of the molecule is CC(C)N(C)S(=O)(=O)c1ccc(Cl)c(C(=O)NCCN)c1. The number of hydrogen-bond acceptors (Lipinski definition) is 4. The van der Waals surface area contributed by atoms with E-state index in [4.69, 9.17) is 17.3 Å². The van der Waals surface area contributed by atoms with E-state index in [1.54, 1.807) is 13.8 Å². The molecular formula is C13H20ClN3O3S. The summed E-state index contributed by atoms with van der Waals surface area (Å²) >= 11 is 5.96. The molecular weight excluding hydrogens is 314 g/mol. The zero-order valence-electron chi connectivity index (χ0n) is 12.3. The topological polar surface area (TPSA) is 92.5 Å². The maximum atomic E-state index is 12.4. The average molecular weight is 334 g/mol. The molecule has 0 atom stereocenters. The summed E-state index contributed by atoms with van der Waals surface area (Å²) < 4.78 is 26.0. The second-order valence-corrected chi connectivity index (χ2v) is 7.21. The van der Waals surface area contributed by atoms with E-state index < -0.39 is 15.9 Å². The van der Waals surface area contributed by atoms with Crippen LogP contribution in [0.5, 0.6) is 0 Å². The van der Waals surface area contributed by atoms with E-state index in [2.05, 4.69) is 5.32 Å². The van der Waals surface area contributed by atoms with Crippen LogP contribution in [-0.2, 0) is 10.0 Å². The molecule has 118 valence electrons. The van der Waals surface area contributed by atoms with Crippen LogP contribution in [0.15, 0.2) is 23.1 Å². The van der Waals surface area contributed by atoms with E-state index in [1.165, 1.54) is 29.6 Å². The van der Waals surface area contributed by atoms with Crippen molar-refractivity contribution in [3.05, 3.63) is 28.8 Å². The van der Waals surface area contributed by atoms with E-state index in [1.807, 2.05) is 0 Å². The van der Waals surface area contributed by atoms with Gasteiger partial charge in [-0.2, -0.15) is 4.31 Å². The predicted molar refractivity (Wildman–Crippen MR) is 82.9 cm³/mol. The van der Waals surface area contributed by atoms with Gasteiger partial charge >= 0.3 is 0 Å². The van der Waals surface area contributed by atoms with Gasteiger partial charge in [-0.05, 0) is 32.0 Å². The smallest absolute Gasteiger partial charge is 0.252 e. The van der Waals surface area contributed by atoms with Crippen molar-refractivity contribution in [3.8, 4) is 0 Å². The zero-order valence-corrected chi connectivity index (χ0v) is 13.8. The molecule has 0 aliphatic rings. The van der Waals surface area contributed by atoms with Gasteiger partial charge in [0, 0.05) is 26.2 Å². The zero-order chi connectivity index (χ0) is 16.2. The minimum Gasteiger partial charge on any atom is -0.351 e. The molecule has 1 aromatic carbocycles. The summed E-state index contributed by atoms with van der Waals surface area (Å²) in [6, 6.07) is 3.87. The minimum atomic E-state index is -3.66. The number of benzene rings is 1. The summed E-state index contributed by atoms with van der Waals surface area (Å²) in [6.45, 7) is 4.11. The number of nitrogens with two attached hydrogens (primary N) is 1. The third kappa shape index (κ3) is 4.16. The van der Waals surface area contributed by atoms with Crippen LogP contribution in [0.3, 0.4) is 0 Å². The van der Waals surface area contributed by atoms with Crippen molar-refractivity contribution < 1.29 is 13.2 Å². The van der Waals surface area contributed by atoms with Crippen LogP contribution < -0.4 is 11.1 Å². The molecule has 0 aliphatic carbocycles. The minimum absolute atomic E-state index is 0.0287. The fourth-order valence-corrected chi connectivity index (χ4v) is 3.16. The third-order valence-electron chi connectivity index (χ3n) is 3.02. The molecule has 0 radical (unpaired) electrons. The van der Waals surface area contributed by atoms with E-state index in [0.29, 0.717) is 0 Å². The van der Waals surface area contributed by atoms with Gasteiger partial charge in [-0.3, -0.25) is 4.79 Å². The molecule has 0 aromatic heterocycles. The first-order valence-electron chi connectivity index (χ1n) is 6.47. The highest BCUT2D eigenvalue weighted by molar-refractivity contribution is 7.89. The van der Waals surface area contributed by atoms with Gasteiger partial charge in [0.1, 0.15) is 0 Å². The molecule has 0 spiro atoms. The largest absolute Gasteiger partial charge is 0.351 e. The van der Waals surface area contributed by atoms with Gasteiger partial charge in [0.25, 0.3) is 5.91 Å². The van der Waals surface area contributed by atoms with E-state index in [0.717, 1.165) is 0 Å². The first kappa shape index (κ1) is 17.9. The van der Waals surface area contributed by atoms with Crippen molar-refractivity contribution in [1.29, 1.82) is 0 Å². The lowest BCUT2D eigenvalue weighted by atomic mass is 10.2. The van der Waals surface area contributed by atoms with Gasteiger partial charge in [-0.25, -0.2) is 8.42 Å². The van der Waals surface area contributed by atoms with Gasteiger partial charge in [0.05, 0.1) is 15.5 Å². The Labute approximate surface area is 130 Å². The molecule has 0 heterocycles. The molecule has 0 unspecified atom stereocenters. The molecule has 0 aliphatic heterocycles. The lowest BCUT2D eigenvalue weighted by Crippen LogP contribution is -2.33. The first-order valence-corrected chi connectivity index (χ1v) is 8.29. The number of nitrogens with zero attached hydrogens (tertiary/aromatic N) is 1. The normalized spacial score (nSPS) is 12.0. The molecule has 0 fully saturated rings. The summed E-state index contributed by atoms with van der Waals surface area (Å²) in [7, 11) is -2.17. The summed E-state index contributed by atoms with van der Waals surface area (Å²) in [4.78, 5) is 12.0. The number of carbonyl (C=O) groups is 1. The van der Waals surface area contributed by atoms with Crippen LogP contribution in [0, 0.1) is 0 Å². The average Bonchev–Trinajstić information content (AvgIpc) is 2.43. The van der Waals surface area contributed by atoms with Crippen LogP contribution >= 0.6 is 11.6 Å². The van der Waals surface area contributed by atoms with Crippen LogP contribution in [-0.4, -0.2) is 44.8 Å². The molecule has 1 rings (SSSR count). The van der Waals surface area contributed by atoms with Crippen molar-refractivity contribution in [2.45, 2.75) is 24.8 Å². The number of amides is 1. The molecule has 8 heteroatoms. The lowest BCUT2D eigenvalue weighted by molar-refractivity contribution is 0.0954. The Kier molecular flexibility index (Phi) is 6.15. The molecule has 1 aromatic rings. The Hall–Kier alpha value is -1.15. The molecule has 0 saturated carbocycles. The standard InChI is InChI=1S/C13H20ClN3O3S/c1-9(2)17(3)21(19,20)10-4-5-12(14)11(8-10)13(18)16-7-6-15/h4-5,8-9H,6-7,15H2,1-3H3,(H,16,18). The third-order valence-corrected chi connectivity index (χ3v) is 5.38. The molecule has 0 bridgehead atoms. The number of rotatable bonds is 6. The van der Waals surface area contributed by atoms with Gasteiger partial charge in [0.15, 0.2) is 0 Å². The number of carbonyl (C=O) groups excluding carboxylic acids is 1. The first-order chi connectivity index (χ1) is 9.71. The van der Waals surface area contributed by atoms with E-state index in [9.17, 15) is 13.2 Å². The van der Waals surface area contributed by atoms with Crippen LogP contribution in [0.25, 0.3) is 0 Å². The highest BCUT2D eigenvalue weighted by atomic mass is 35.5. The fourth-order valence-electron chi connectivity index (χ4n) is 1.56. The Morgan fingerprint density at radius 1 is 1.43 bits per heavy atom. The predicted octanol–water partition coefficient (Wildman–Crippen LogP) is 1.06. The maximum Gasteiger partial charge on any atom is 0.252 e. The van der Waals surface area contributed by atoms with Crippen LogP contribution in [0.2, 0.25) is 5.02 Å². The maximum absolute atomic E-state index is 12.4. The van der Waals surface area contributed by atoms with E-state index >= 15 is 0 Å². The Morgan fingerprint density at radius 3 is 2.57 bits per heavy atom. The van der Waals surface area contributed by atoms with Crippen LogP contribution in [0.4, 0.5) is 0 Å². The number of nitrogens with one attached hydrogen (secondary N) is 1. The van der Waals surface area contributed by atoms with Crippen molar-refractivity contribution in [3.63, 3.8) is 0 Å². The highest BCUT2D eigenvalue weighted by Gasteiger charge is 2.24. The molecule has 1 amide bonds. The summed E-state index contributed by atoms with van der Waals surface area (Å²) in [5.74, 6) is -0.449. The molecule has 6 nitrogen and oxygen atoms in total. The van der Waals surface area contributed by atoms with Gasteiger partial charge in [-0.15, -0.1) is 0 Å². The van der Waals surface area contributed by atoms with Crippen LogP contribution in [0.1, 0.15) is 24.2 Å². The molecule has 0 saturated heterocycles. The molecule has 3 N–H and O–H groups in total. The molecule has 21 heavy (non-hydrogen) atoms. The Morgan fingerprint density at radius 2 is 2.05 bits per heavy atom. The van der Waals surface area contributed by atoms with Crippen molar-refractivity contribution in [2.75, 3.05) is 20.1 Å². The van der Waals surface area contributed by atoms with Gasteiger partial charge in [0.2, 0.25) is 10.0 Å². The van der Waals surface area contributed by atoms with Crippen molar-refractivity contribution in [1.82, 2.24) is 9.62 Å². The summed E-state index contributed by atoms with van der Waals surface area (Å²) in [6.07, 6.45) is 0. The summed E-state index contributed by atoms with van der Waals surface area (Å²) in [5, 5.41) is 2.75. The Balaban J connectivity index is 3.21. The highest BCUT2D eigenvalue weighted by Crippen LogP contribution is 2.23. The van der Waals surface area contributed by atoms with Crippen molar-refractivity contribution in [2.24, 2.45) is 5.73 Å². The Bertz CT molecular complexity index is 617. The second kappa shape index (κ2) is 7.22. The fraction of sp³-hybridized carbons (Fsp3) is 0.462. The number of sulfonamides is 1. The second-order valence-electron chi connectivity index (χ2n) is 4.80. The summed E-state index contributed by atoms with van der Waals surface area (Å²) in [5.41, 5.74) is 5.43. The lowest BCUT2D eigenvalue weighted by Gasteiger charge is -2.21. The quantitative estimate of drug-likeness (QED) is 0.814.